The zero-order valence-corrected chi connectivity index (χ0v) is 10.6. The summed E-state index contributed by atoms with van der Waals surface area (Å²) < 4.78 is 0. The average molecular weight is 236 g/mol. The van der Waals surface area contributed by atoms with E-state index in [9.17, 15) is 0 Å². The van der Waals surface area contributed by atoms with Crippen molar-refractivity contribution in [2.24, 2.45) is 5.10 Å². The first-order chi connectivity index (χ1) is 7.65. The van der Waals surface area contributed by atoms with Crippen molar-refractivity contribution in [2.45, 2.75) is 13.3 Å². The van der Waals surface area contributed by atoms with Crippen LogP contribution in [0.4, 0.5) is 0 Å². The Morgan fingerprint density at radius 2 is 2.25 bits per heavy atom. The summed E-state index contributed by atoms with van der Waals surface area (Å²) in [4.78, 5) is 6.04. The van der Waals surface area contributed by atoms with Crippen LogP contribution in [0.2, 0.25) is 0 Å². The zero-order valence-electron chi connectivity index (χ0n) is 9.77. The van der Waals surface area contributed by atoms with Crippen molar-refractivity contribution in [3.63, 3.8) is 0 Å². The summed E-state index contributed by atoms with van der Waals surface area (Å²) in [6, 6.07) is 5.76. The maximum Gasteiger partial charge on any atom is 0.189 e. The van der Waals surface area contributed by atoms with Crippen LogP contribution in [0.3, 0.4) is 0 Å². The molecule has 0 aliphatic carbocycles. The molecule has 16 heavy (non-hydrogen) atoms. The number of rotatable bonds is 3. The molecule has 1 heterocycles. The second kappa shape index (κ2) is 6.17. The second-order valence-electron chi connectivity index (χ2n) is 3.44. The van der Waals surface area contributed by atoms with Crippen molar-refractivity contribution in [1.82, 2.24) is 15.3 Å². The van der Waals surface area contributed by atoms with Gasteiger partial charge in [0.2, 0.25) is 0 Å². The molecule has 0 radical (unpaired) electrons. The molecule has 0 atom stereocenters. The van der Waals surface area contributed by atoms with Crippen molar-refractivity contribution in [2.75, 3.05) is 14.1 Å². The molecule has 1 N–H and O–H groups in total. The Morgan fingerprint density at radius 3 is 2.75 bits per heavy atom. The van der Waals surface area contributed by atoms with Gasteiger partial charge in [0.05, 0.1) is 11.4 Å². The topological polar surface area (TPSA) is 40.5 Å². The normalized spacial score (nSPS) is 11.1. The summed E-state index contributed by atoms with van der Waals surface area (Å²) in [5, 5.41) is 4.84. The summed E-state index contributed by atoms with van der Waals surface area (Å²) >= 11 is 5.08. The van der Waals surface area contributed by atoms with E-state index in [0.717, 1.165) is 17.8 Å². The largest absolute Gasteiger partial charge is 0.354 e. The third-order valence-corrected chi connectivity index (χ3v) is 2.44. The summed E-state index contributed by atoms with van der Waals surface area (Å²) in [6.07, 6.45) is 2.56. The first kappa shape index (κ1) is 12.6. The third-order valence-electron chi connectivity index (χ3n) is 1.99. The molecule has 0 aliphatic heterocycles. The van der Waals surface area contributed by atoms with Gasteiger partial charge in [-0.1, -0.05) is 13.0 Å². The highest BCUT2D eigenvalue weighted by atomic mass is 32.1. The molecular weight excluding hydrogens is 220 g/mol. The quantitative estimate of drug-likeness (QED) is 0.492. The monoisotopic (exact) mass is 236 g/mol. The van der Waals surface area contributed by atoms with Gasteiger partial charge in [-0.25, -0.2) is 0 Å². The Bertz CT molecular complexity index is 373. The van der Waals surface area contributed by atoms with E-state index in [4.69, 9.17) is 12.2 Å². The Labute approximate surface area is 101 Å². The van der Waals surface area contributed by atoms with E-state index in [1.807, 2.05) is 39.2 Å². The van der Waals surface area contributed by atoms with Gasteiger partial charge in [0.25, 0.3) is 0 Å². The maximum absolute atomic E-state index is 5.08. The highest BCUT2D eigenvalue weighted by Gasteiger charge is 2.02. The first-order valence-corrected chi connectivity index (χ1v) is 5.51. The molecule has 0 spiro atoms. The number of nitrogens with zero attached hydrogens (tertiary/aromatic N) is 3. The molecule has 1 aromatic rings. The van der Waals surface area contributed by atoms with E-state index in [0.29, 0.717) is 5.11 Å². The van der Waals surface area contributed by atoms with E-state index in [1.54, 1.807) is 11.1 Å². The number of hydrazone groups is 1. The predicted octanol–water partition coefficient (Wildman–Crippen LogP) is 1.63. The van der Waals surface area contributed by atoms with Gasteiger partial charge in [0, 0.05) is 20.3 Å². The fraction of sp³-hybridized carbons (Fsp3) is 0.364. The van der Waals surface area contributed by atoms with Crippen LogP contribution >= 0.6 is 12.2 Å². The molecule has 0 unspecified atom stereocenters. The van der Waals surface area contributed by atoms with Crippen LogP contribution in [0.25, 0.3) is 0 Å². The Hall–Kier alpha value is -1.49. The van der Waals surface area contributed by atoms with Crippen LogP contribution in [-0.4, -0.2) is 34.8 Å². The van der Waals surface area contributed by atoms with Crippen LogP contribution in [0.15, 0.2) is 29.5 Å². The van der Waals surface area contributed by atoms with Gasteiger partial charge in [-0.3, -0.25) is 10.4 Å². The minimum Gasteiger partial charge on any atom is -0.354 e. The Morgan fingerprint density at radius 1 is 1.50 bits per heavy atom. The van der Waals surface area contributed by atoms with Crippen molar-refractivity contribution in [3.05, 3.63) is 30.1 Å². The minimum absolute atomic E-state index is 0.585. The van der Waals surface area contributed by atoms with Gasteiger partial charge < -0.3 is 4.90 Å². The molecule has 4 nitrogen and oxygen atoms in total. The first-order valence-electron chi connectivity index (χ1n) is 5.10. The lowest BCUT2D eigenvalue weighted by molar-refractivity contribution is 0.605. The van der Waals surface area contributed by atoms with Crippen molar-refractivity contribution >= 4 is 23.0 Å². The molecular formula is C11H16N4S. The number of hydrogen-bond acceptors (Lipinski definition) is 3. The smallest absolute Gasteiger partial charge is 0.189 e. The fourth-order valence-electron chi connectivity index (χ4n) is 1.07. The molecule has 0 fully saturated rings. The molecule has 5 heteroatoms. The van der Waals surface area contributed by atoms with Crippen LogP contribution in [0, 0.1) is 0 Å². The number of nitrogens with one attached hydrogen (secondary N) is 1. The molecule has 0 saturated heterocycles. The molecule has 0 aliphatic rings. The molecule has 86 valence electrons. The van der Waals surface area contributed by atoms with Gasteiger partial charge in [-0.15, -0.1) is 0 Å². The summed E-state index contributed by atoms with van der Waals surface area (Å²) in [5.74, 6) is 0. The Kier molecular flexibility index (Phi) is 4.85. The van der Waals surface area contributed by atoms with Gasteiger partial charge in [0.1, 0.15) is 0 Å². The molecule has 1 rings (SSSR count). The molecule has 0 bridgehead atoms. The SMILES string of the molecule is CC/C(=N/NC(=S)N(C)C)c1ccccn1. The van der Waals surface area contributed by atoms with Crippen LogP contribution in [0.5, 0.6) is 0 Å². The van der Waals surface area contributed by atoms with E-state index in [1.165, 1.54) is 0 Å². The lowest BCUT2D eigenvalue weighted by atomic mass is 10.2. The number of thiocarbonyl (C=S) groups is 1. The number of aromatic nitrogens is 1. The van der Waals surface area contributed by atoms with Crippen LogP contribution < -0.4 is 5.43 Å². The van der Waals surface area contributed by atoms with E-state index in [-0.39, 0.29) is 0 Å². The Balaban J connectivity index is 2.76. The van der Waals surface area contributed by atoms with Crippen molar-refractivity contribution in [3.8, 4) is 0 Å². The average Bonchev–Trinajstić information content (AvgIpc) is 2.30. The standard InChI is InChI=1S/C11H16N4S/c1-4-9(10-7-5-6-8-12-10)13-14-11(16)15(2)3/h5-8H,4H2,1-3H3,(H,14,16)/b13-9-. The third kappa shape index (κ3) is 3.58. The van der Waals surface area contributed by atoms with Crippen LogP contribution in [-0.2, 0) is 0 Å². The fourth-order valence-corrected chi connectivity index (χ4v) is 1.11. The maximum atomic E-state index is 5.08. The van der Waals surface area contributed by atoms with Crippen LogP contribution in [0.1, 0.15) is 19.0 Å². The van der Waals surface area contributed by atoms with Crippen molar-refractivity contribution < 1.29 is 0 Å². The van der Waals surface area contributed by atoms with E-state index in [2.05, 4.69) is 15.5 Å². The van der Waals surface area contributed by atoms with Gasteiger partial charge >= 0.3 is 0 Å². The van der Waals surface area contributed by atoms with Gasteiger partial charge in [-0.2, -0.15) is 5.10 Å². The predicted molar refractivity (Wildman–Crippen MR) is 70.5 cm³/mol. The minimum atomic E-state index is 0.585. The summed E-state index contributed by atoms with van der Waals surface area (Å²) in [5.41, 5.74) is 4.60. The van der Waals surface area contributed by atoms with Gasteiger partial charge in [-0.05, 0) is 30.8 Å². The number of hydrogen-bond donors (Lipinski definition) is 1. The summed E-state index contributed by atoms with van der Waals surface area (Å²) in [6.45, 7) is 2.04. The van der Waals surface area contributed by atoms with E-state index >= 15 is 0 Å². The van der Waals surface area contributed by atoms with Crippen molar-refractivity contribution in [1.29, 1.82) is 0 Å². The molecule has 0 saturated carbocycles. The zero-order chi connectivity index (χ0) is 12.0. The highest BCUT2D eigenvalue weighted by molar-refractivity contribution is 7.80. The summed E-state index contributed by atoms with van der Waals surface area (Å²) in [7, 11) is 3.74. The highest BCUT2D eigenvalue weighted by Crippen LogP contribution is 1.99. The molecule has 0 aromatic carbocycles. The van der Waals surface area contributed by atoms with E-state index < -0.39 is 0 Å². The lowest BCUT2D eigenvalue weighted by Gasteiger charge is -2.13. The molecule has 0 amide bonds. The molecule has 1 aromatic heterocycles. The lowest BCUT2D eigenvalue weighted by Crippen LogP contribution is -2.31. The second-order valence-corrected chi connectivity index (χ2v) is 3.83. The number of pyridine rings is 1. The van der Waals surface area contributed by atoms with Gasteiger partial charge in [0.15, 0.2) is 5.11 Å².